The molecule has 1 unspecified atom stereocenters. The number of halogens is 1. The van der Waals surface area contributed by atoms with E-state index in [1.165, 1.54) is 12.1 Å². The molecule has 3 nitrogen and oxygen atoms in total. The van der Waals surface area contributed by atoms with Crippen molar-refractivity contribution >= 4 is 5.69 Å². The first-order chi connectivity index (χ1) is 8.06. The molecule has 0 saturated heterocycles. The van der Waals surface area contributed by atoms with Gasteiger partial charge in [-0.1, -0.05) is 13.8 Å². The van der Waals surface area contributed by atoms with E-state index < -0.39 is 5.82 Å². The third kappa shape index (κ3) is 4.04. The highest BCUT2D eigenvalue weighted by atomic mass is 19.1. The fourth-order valence-corrected chi connectivity index (χ4v) is 1.53. The number of hydrogen-bond acceptors (Lipinski definition) is 3. The molecule has 0 aromatic heterocycles. The number of methoxy groups -OCH3 is 1. The molecule has 1 N–H and O–H groups in total. The smallest absolute Gasteiger partial charge is 0.126 e. The first kappa shape index (κ1) is 13.5. The number of nitriles is 1. The van der Waals surface area contributed by atoms with E-state index in [1.807, 2.05) is 6.07 Å². The summed E-state index contributed by atoms with van der Waals surface area (Å²) in [5.41, 5.74) is 0.921. The molecule has 1 rings (SSSR count). The van der Waals surface area contributed by atoms with Crippen LogP contribution in [0.2, 0.25) is 0 Å². The van der Waals surface area contributed by atoms with Gasteiger partial charge < -0.3 is 10.1 Å². The number of anilines is 1. The van der Waals surface area contributed by atoms with Gasteiger partial charge in [-0.15, -0.1) is 0 Å². The van der Waals surface area contributed by atoms with Crippen LogP contribution in [0.5, 0.6) is 0 Å². The number of benzene rings is 1. The number of nitrogens with zero attached hydrogens (tertiary/aromatic N) is 1. The standard InChI is InChI=1S/C13H17FN2O/c1-9(2)13(8-17-3)16-12-5-10(7-15)4-11(14)6-12/h4-6,9,13,16H,8H2,1-3H3. The highest BCUT2D eigenvalue weighted by Gasteiger charge is 2.13. The van der Waals surface area contributed by atoms with E-state index in [-0.39, 0.29) is 6.04 Å². The molecular formula is C13H17FN2O. The maximum atomic E-state index is 13.2. The minimum absolute atomic E-state index is 0.0911. The van der Waals surface area contributed by atoms with Crippen LogP contribution >= 0.6 is 0 Å². The van der Waals surface area contributed by atoms with Gasteiger partial charge >= 0.3 is 0 Å². The van der Waals surface area contributed by atoms with Gasteiger partial charge in [0, 0.05) is 12.8 Å². The minimum Gasteiger partial charge on any atom is -0.383 e. The van der Waals surface area contributed by atoms with Crippen LogP contribution in [0.1, 0.15) is 19.4 Å². The van der Waals surface area contributed by atoms with Crippen LogP contribution < -0.4 is 5.32 Å². The van der Waals surface area contributed by atoms with E-state index in [1.54, 1.807) is 13.2 Å². The van der Waals surface area contributed by atoms with Gasteiger partial charge in [-0.25, -0.2) is 4.39 Å². The van der Waals surface area contributed by atoms with Crippen LogP contribution in [0.25, 0.3) is 0 Å². The van der Waals surface area contributed by atoms with Crippen LogP contribution in [0.3, 0.4) is 0 Å². The predicted octanol–water partition coefficient (Wildman–Crippen LogP) is 2.78. The Morgan fingerprint density at radius 1 is 1.41 bits per heavy atom. The van der Waals surface area contributed by atoms with Gasteiger partial charge in [-0.3, -0.25) is 0 Å². The molecule has 0 amide bonds. The van der Waals surface area contributed by atoms with E-state index in [0.29, 0.717) is 23.8 Å². The first-order valence-electron chi connectivity index (χ1n) is 5.53. The van der Waals surface area contributed by atoms with Crippen molar-refractivity contribution in [1.29, 1.82) is 5.26 Å². The van der Waals surface area contributed by atoms with Crippen LogP contribution in [0.4, 0.5) is 10.1 Å². The highest BCUT2D eigenvalue weighted by Crippen LogP contribution is 2.17. The van der Waals surface area contributed by atoms with Gasteiger partial charge in [0.05, 0.1) is 24.3 Å². The lowest BCUT2D eigenvalue weighted by Crippen LogP contribution is -2.30. The highest BCUT2D eigenvalue weighted by molar-refractivity contribution is 5.50. The molecule has 17 heavy (non-hydrogen) atoms. The second-order valence-electron chi connectivity index (χ2n) is 4.29. The lowest BCUT2D eigenvalue weighted by molar-refractivity contribution is 0.171. The van der Waals surface area contributed by atoms with Gasteiger partial charge in [0.2, 0.25) is 0 Å². The number of nitrogens with one attached hydrogen (secondary N) is 1. The zero-order chi connectivity index (χ0) is 12.8. The van der Waals surface area contributed by atoms with Gasteiger partial charge in [0.25, 0.3) is 0 Å². The number of rotatable bonds is 5. The molecule has 4 heteroatoms. The fraction of sp³-hybridized carbons (Fsp3) is 0.462. The van der Waals surface area contributed by atoms with Crippen LogP contribution in [0, 0.1) is 23.1 Å². The lowest BCUT2D eigenvalue weighted by Gasteiger charge is -2.22. The molecule has 1 atom stereocenters. The monoisotopic (exact) mass is 236 g/mol. The second-order valence-corrected chi connectivity index (χ2v) is 4.29. The summed E-state index contributed by atoms with van der Waals surface area (Å²) in [4.78, 5) is 0. The van der Waals surface area contributed by atoms with Crippen LogP contribution in [0.15, 0.2) is 18.2 Å². The molecule has 0 spiro atoms. The Labute approximate surface area is 101 Å². The Kier molecular flexibility index (Phi) is 4.92. The molecule has 1 aromatic rings. The third-order valence-electron chi connectivity index (χ3n) is 2.53. The van der Waals surface area contributed by atoms with Crippen LogP contribution in [-0.2, 0) is 4.74 Å². The molecule has 0 saturated carbocycles. The van der Waals surface area contributed by atoms with Gasteiger partial charge in [0.1, 0.15) is 5.82 Å². The van der Waals surface area contributed by atoms with Crippen molar-refractivity contribution in [3.8, 4) is 6.07 Å². The lowest BCUT2D eigenvalue weighted by atomic mass is 10.0. The molecule has 0 bridgehead atoms. The first-order valence-corrected chi connectivity index (χ1v) is 5.53. The summed E-state index contributed by atoms with van der Waals surface area (Å²) in [6.45, 7) is 4.65. The van der Waals surface area contributed by atoms with E-state index >= 15 is 0 Å². The number of hydrogen-bond donors (Lipinski definition) is 1. The topological polar surface area (TPSA) is 45.0 Å². The molecule has 92 valence electrons. The zero-order valence-corrected chi connectivity index (χ0v) is 10.3. The summed E-state index contributed by atoms with van der Waals surface area (Å²) in [5.74, 6) is -0.0600. The quantitative estimate of drug-likeness (QED) is 0.855. The Morgan fingerprint density at radius 2 is 2.12 bits per heavy atom. The summed E-state index contributed by atoms with van der Waals surface area (Å²) in [6, 6.07) is 6.25. The molecular weight excluding hydrogens is 219 g/mol. The van der Waals surface area contributed by atoms with Gasteiger partial charge in [-0.05, 0) is 24.1 Å². The molecule has 0 heterocycles. The number of ether oxygens (including phenoxy) is 1. The van der Waals surface area contributed by atoms with Gasteiger partial charge in [-0.2, -0.15) is 5.26 Å². The van der Waals surface area contributed by atoms with E-state index in [0.717, 1.165) is 0 Å². The normalized spacial score (nSPS) is 12.2. The predicted molar refractivity (Wildman–Crippen MR) is 65.2 cm³/mol. The fourth-order valence-electron chi connectivity index (χ4n) is 1.53. The van der Waals surface area contributed by atoms with Crippen molar-refractivity contribution in [2.45, 2.75) is 19.9 Å². The van der Waals surface area contributed by atoms with Crippen LogP contribution in [-0.4, -0.2) is 19.8 Å². The SMILES string of the molecule is COCC(Nc1cc(F)cc(C#N)c1)C(C)C. The largest absolute Gasteiger partial charge is 0.383 e. The molecule has 0 aliphatic heterocycles. The van der Waals surface area contributed by atoms with Crippen molar-refractivity contribution in [2.75, 3.05) is 19.0 Å². The average molecular weight is 236 g/mol. The zero-order valence-electron chi connectivity index (χ0n) is 10.3. The molecule has 0 fully saturated rings. The summed E-state index contributed by atoms with van der Waals surface area (Å²) in [5, 5.41) is 11.9. The van der Waals surface area contributed by atoms with Crippen molar-refractivity contribution in [2.24, 2.45) is 5.92 Å². The maximum Gasteiger partial charge on any atom is 0.126 e. The second kappa shape index (κ2) is 6.21. The van der Waals surface area contributed by atoms with Crippen molar-refractivity contribution in [3.05, 3.63) is 29.6 Å². The summed E-state index contributed by atoms with van der Waals surface area (Å²) < 4.78 is 18.3. The van der Waals surface area contributed by atoms with Crippen molar-refractivity contribution in [1.82, 2.24) is 0 Å². The minimum atomic E-state index is -0.411. The molecule has 0 aliphatic carbocycles. The summed E-state index contributed by atoms with van der Waals surface area (Å²) in [6.07, 6.45) is 0. The van der Waals surface area contributed by atoms with E-state index in [2.05, 4.69) is 19.2 Å². The summed E-state index contributed by atoms with van der Waals surface area (Å²) >= 11 is 0. The van der Waals surface area contributed by atoms with Gasteiger partial charge in [0.15, 0.2) is 0 Å². The summed E-state index contributed by atoms with van der Waals surface area (Å²) in [7, 11) is 1.63. The maximum absolute atomic E-state index is 13.2. The van der Waals surface area contributed by atoms with Crippen molar-refractivity contribution in [3.63, 3.8) is 0 Å². The third-order valence-corrected chi connectivity index (χ3v) is 2.53. The Hall–Kier alpha value is -1.60. The Morgan fingerprint density at radius 3 is 2.65 bits per heavy atom. The molecule has 1 aromatic carbocycles. The Balaban J connectivity index is 2.85. The average Bonchev–Trinajstić information content (AvgIpc) is 2.27. The van der Waals surface area contributed by atoms with E-state index in [4.69, 9.17) is 10.00 Å². The Bertz CT molecular complexity index is 412. The van der Waals surface area contributed by atoms with Crippen molar-refractivity contribution < 1.29 is 9.13 Å². The van der Waals surface area contributed by atoms with E-state index in [9.17, 15) is 4.39 Å². The molecule has 0 aliphatic rings. The molecule has 0 radical (unpaired) electrons.